The average molecular weight is 402 g/mol. The summed E-state index contributed by atoms with van der Waals surface area (Å²) >= 11 is 0. The number of hydrogen-bond donors (Lipinski definition) is 1. The Hall–Kier alpha value is -1.98. The first kappa shape index (κ1) is 19.3. The van der Waals surface area contributed by atoms with E-state index in [4.69, 9.17) is 4.74 Å². The lowest BCUT2D eigenvalue weighted by Gasteiger charge is -2.45. The molecular weight excluding hydrogens is 374 g/mol. The van der Waals surface area contributed by atoms with Crippen LogP contribution in [-0.2, 0) is 5.60 Å². The van der Waals surface area contributed by atoms with Gasteiger partial charge in [0.25, 0.3) is 5.91 Å². The first-order chi connectivity index (χ1) is 12.9. The van der Waals surface area contributed by atoms with Gasteiger partial charge in [-0.25, -0.2) is 0 Å². The maximum absolute atomic E-state index is 13.3. The van der Waals surface area contributed by atoms with Crippen LogP contribution in [-0.4, -0.2) is 41.1 Å². The lowest BCUT2D eigenvalue weighted by molar-refractivity contribution is 0.0606. The zero-order chi connectivity index (χ0) is 18.8. The number of aromatic nitrogens is 1. The molecule has 1 unspecified atom stereocenters. The quantitative estimate of drug-likeness (QED) is 0.835. The van der Waals surface area contributed by atoms with Crippen LogP contribution in [0.25, 0.3) is 5.69 Å². The standard InChI is InChI=1S/C22H27N3O2.ClH/c1-14-11-16(21(26)23-17-13-24-9-6-15(17)7-10-24)20-18(12-14)25-8-4-5-19(25)22(2,3)27-20;/h4-5,8,11-12,15,17H,6-7,9-10,13H2,1-3H3,(H,23,26);1H. The molecule has 3 fully saturated rings. The SMILES string of the molecule is Cc1cc(C(=O)NC2CN3CCC2CC3)c2c(c1)-n1cccc1C(C)(C)O2.Cl. The Kier molecular flexibility index (Phi) is 4.71. The number of aryl methyl sites for hydroxylation is 1. The van der Waals surface area contributed by atoms with Gasteiger partial charge in [-0.1, -0.05) is 0 Å². The van der Waals surface area contributed by atoms with Crippen molar-refractivity contribution in [1.82, 2.24) is 14.8 Å². The number of amides is 1. The topological polar surface area (TPSA) is 46.5 Å². The summed E-state index contributed by atoms with van der Waals surface area (Å²) in [5.74, 6) is 1.28. The highest BCUT2D eigenvalue weighted by molar-refractivity contribution is 5.98. The van der Waals surface area contributed by atoms with Crippen molar-refractivity contribution in [3.8, 4) is 11.4 Å². The molecule has 6 heteroatoms. The van der Waals surface area contributed by atoms with Gasteiger partial charge < -0.3 is 19.5 Å². The molecule has 28 heavy (non-hydrogen) atoms. The number of fused-ring (bicyclic) bond motifs is 6. The molecule has 0 saturated carbocycles. The molecule has 4 aliphatic heterocycles. The Morgan fingerprint density at radius 2 is 2.00 bits per heavy atom. The molecule has 1 aromatic heterocycles. The number of nitrogens with zero attached hydrogens (tertiary/aromatic N) is 2. The summed E-state index contributed by atoms with van der Waals surface area (Å²) in [6.07, 6.45) is 4.42. The molecular formula is C22H28ClN3O2. The van der Waals surface area contributed by atoms with Crippen molar-refractivity contribution < 1.29 is 9.53 Å². The number of rotatable bonds is 2. The van der Waals surface area contributed by atoms with Crippen molar-refractivity contribution in [3.05, 3.63) is 47.3 Å². The molecule has 4 aliphatic rings. The van der Waals surface area contributed by atoms with E-state index in [1.54, 1.807) is 0 Å². The summed E-state index contributed by atoms with van der Waals surface area (Å²) in [5, 5.41) is 3.32. The van der Waals surface area contributed by atoms with Gasteiger partial charge in [0.05, 0.1) is 16.9 Å². The minimum Gasteiger partial charge on any atom is -0.479 e. The molecule has 1 aromatic carbocycles. The van der Waals surface area contributed by atoms with Gasteiger partial charge in [-0.2, -0.15) is 0 Å². The second-order valence-corrected chi connectivity index (χ2v) is 8.75. The predicted molar refractivity (Wildman–Crippen MR) is 112 cm³/mol. The fourth-order valence-corrected chi connectivity index (χ4v) is 4.97. The van der Waals surface area contributed by atoms with Crippen LogP contribution in [0.4, 0.5) is 0 Å². The Morgan fingerprint density at radius 1 is 1.25 bits per heavy atom. The number of halogens is 1. The third-order valence-electron chi connectivity index (χ3n) is 6.41. The third kappa shape index (κ3) is 3.01. The highest BCUT2D eigenvalue weighted by atomic mass is 35.5. The second-order valence-electron chi connectivity index (χ2n) is 8.75. The average Bonchev–Trinajstić information content (AvgIpc) is 3.14. The van der Waals surface area contributed by atoms with Crippen LogP contribution in [0.3, 0.4) is 0 Å². The van der Waals surface area contributed by atoms with Gasteiger partial charge >= 0.3 is 0 Å². The van der Waals surface area contributed by atoms with Crippen molar-refractivity contribution >= 4 is 18.3 Å². The Bertz CT molecular complexity index is 913. The molecule has 0 radical (unpaired) electrons. The lowest BCUT2D eigenvalue weighted by atomic mass is 9.84. The van der Waals surface area contributed by atoms with Gasteiger partial charge in [-0.15, -0.1) is 12.4 Å². The normalized spacial score (nSPS) is 26.5. The molecule has 5 heterocycles. The first-order valence-electron chi connectivity index (χ1n) is 9.97. The fourth-order valence-electron chi connectivity index (χ4n) is 4.97. The number of hydrogen-bond acceptors (Lipinski definition) is 3. The van der Waals surface area contributed by atoms with E-state index >= 15 is 0 Å². The van der Waals surface area contributed by atoms with E-state index in [0.717, 1.165) is 23.5 Å². The van der Waals surface area contributed by atoms with Gasteiger partial charge in [-0.3, -0.25) is 4.79 Å². The molecule has 0 aliphatic carbocycles. The largest absolute Gasteiger partial charge is 0.479 e. The number of nitrogens with one attached hydrogen (secondary N) is 1. The molecule has 150 valence electrons. The van der Waals surface area contributed by atoms with Gasteiger partial charge in [-0.05, 0) is 82.4 Å². The third-order valence-corrected chi connectivity index (χ3v) is 6.41. The van der Waals surface area contributed by atoms with Crippen LogP contribution in [0.2, 0.25) is 0 Å². The lowest BCUT2D eigenvalue weighted by Crippen LogP contribution is -2.57. The van der Waals surface area contributed by atoms with E-state index in [1.165, 1.54) is 25.9 Å². The van der Waals surface area contributed by atoms with Gasteiger partial charge in [0.15, 0.2) is 5.75 Å². The Labute approximate surface area is 172 Å². The molecule has 1 N–H and O–H groups in total. The van der Waals surface area contributed by atoms with Gasteiger partial charge in [0, 0.05) is 18.8 Å². The van der Waals surface area contributed by atoms with Crippen molar-refractivity contribution in [2.75, 3.05) is 19.6 Å². The number of benzene rings is 1. The summed E-state index contributed by atoms with van der Waals surface area (Å²) in [6.45, 7) is 9.45. The zero-order valence-corrected chi connectivity index (χ0v) is 17.5. The van der Waals surface area contributed by atoms with Crippen LogP contribution in [0.5, 0.6) is 5.75 Å². The van der Waals surface area contributed by atoms with Crippen molar-refractivity contribution in [2.24, 2.45) is 5.92 Å². The molecule has 1 atom stereocenters. The molecule has 2 aromatic rings. The van der Waals surface area contributed by atoms with Crippen LogP contribution >= 0.6 is 12.4 Å². The van der Waals surface area contributed by atoms with E-state index < -0.39 is 5.60 Å². The highest BCUT2D eigenvalue weighted by Crippen LogP contribution is 2.42. The monoisotopic (exact) mass is 401 g/mol. The van der Waals surface area contributed by atoms with Crippen LogP contribution < -0.4 is 10.1 Å². The Balaban J connectivity index is 0.00000192. The number of ether oxygens (including phenoxy) is 1. The fraction of sp³-hybridized carbons (Fsp3) is 0.500. The van der Waals surface area contributed by atoms with E-state index in [0.29, 0.717) is 17.2 Å². The minimum absolute atomic E-state index is 0. The van der Waals surface area contributed by atoms with Crippen molar-refractivity contribution in [1.29, 1.82) is 0 Å². The molecule has 5 nitrogen and oxygen atoms in total. The van der Waals surface area contributed by atoms with E-state index in [1.807, 2.05) is 25.3 Å². The summed E-state index contributed by atoms with van der Waals surface area (Å²) in [6, 6.07) is 8.41. The van der Waals surface area contributed by atoms with E-state index in [2.05, 4.69) is 40.8 Å². The molecule has 6 rings (SSSR count). The smallest absolute Gasteiger partial charge is 0.255 e. The van der Waals surface area contributed by atoms with E-state index in [-0.39, 0.29) is 24.4 Å². The Morgan fingerprint density at radius 3 is 2.68 bits per heavy atom. The first-order valence-corrected chi connectivity index (χ1v) is 9.97. The molecule has 2 bridgehead atoms. The van der Waals surface area contributed by atoms with Gasteiger partial charge in [0.1, 0.15) is 5.60 Å². The summed E-state index contributed by atoms with van der Waals surface area (Å²) < 4.78 is 8.52. The van der Waals surface area contributed by atoms with Crippen LogP contribution in [0.15, 0.2) is 30.5 Å². The maximum Gasteiger partial charge on any atom is 0.255 e. The van der Waals surface area contributed by atoms with E-state index in [9.17, 15) is 4.79 Å². The predicted octanol–water partition coefficient (Wildman–Crippen LogP) is 3.66. The van der Waals surface area contributed by atoms with Crippen LogP contribution in [0, 0.1) is 12.8 Å². The second kappa shape index (κ2) is 6.82. The zero-order valence-electron chi connectivity index (χ0n) is 16.7. The molecule has 1 amide bonds. The molecule has 0 spiro atoms. The minimum atomic E-state index is -0.476. The maximum atomic E-state index is 13.3. The summed E-state index contributed by atoms with van der Waals surface area (Å²) in [4.78, 5) is 15.7. The van der Waals surface area contributed by atoms with Crippen molar-refractivity contribution in [3.63, 3.8) is 0 Å². The highest BCUT2D eigenvalue weighted by Gasteiger charge is 2.38. The number of piperidine rings is 3. The van der Waals surface area contributed by atoms with Crippen molar-refractivity contribution in [2.45, 2.75) is 45.3 Å². The van der Waals surface area contributed by atoms with Crippen LogP contribution in [0.1, 0.15) is 48.3 Å². The number of carbonyl (C=O) groups excluding carboxylic acids is 1. The summed E-state index contributed by atoms with van der Waals surface area (Å²) in [5.41, 5.74) is 3.29. The summed E-state index contributed by atoms with van der Waals surface area (Å²) in [7, 11) is 0. The molecule has 3 saturated heterocycles. The number of carbonyl (C=O) groups is 1. The van der Waals surface area contributed by atoms with Gasteiger partial charge in [0.2, 0.25) is 0 Å².